The van der Waals surface area contributed by atoms with Crippen molar-refractivity contribution < 1.29 is 5.11 Å². The lowest BCUT2D eigenvalue weighted by Gasteiger charge is -2.14. The van der Waals surface area contributed by atoms with E-state index in [0.29, 0.717) is 23.4 Å². The van der Waals surface area contributed by atoms with Crippen LogP contribution in [0.4, 0.5) is 0 Å². The summed E-state index contributed by atoms with van der Waals surface area (Å²) in [5.74, 6) is 0.647. The number of aromatic nitrogens is 1. The zero-order valence-corrected chi connectivity index (χ0v) is 20.0. The molecule has 1 unspecified atom stereocenters. The molecule has 1 aromatic carbocycles. The van der Waals surface area contributed by atoms with Gasteiger partial charge in [0.05, 0.1) is 16.6 Å². The number of aliphatic imine (C=N–C) groups is 1. The third-order valence-corrected chi connectivity index (χ3v) is 5.97. The topological polar surface area (TPSA) is 69.5 Å². The Kier molecular flexibility index (Phi) is 9.66. The second-order valence-electron chi connectivity index (χ2n) is 5.74. The first-order valence-corrected chi connectivity index (χ1v) is 10.7. The summed E-state index contributed by atoms with van der Waals surface area (Å²) >= 11 is 8.92. The van der Waals surface area contributed by atoms with Gasteiger partial charge in [-0.25, -0.2) is 9.98 Å². The Morgan fingerprint density at radius 2 is 2.00 bits per heavy atom. The van der Waals surface area contributed by atoms with E-state index in [4.69, 9.17) is 11.6 Å². The highest BCUT2D eigenvalue weighted by Crippen LogP contribution is 2.26. The van der Waals surface area contributed by atoms with Gasteiger partial charge in [0.25, 0.3) is 0 Å². The van der Waals surface area contributed by atoms with Crippen LogP contribution in [-0.2, 0) is 6.54 Å². The van der Waals surface area contributed by atoms with E-state index in [1.165, 1.54) is 11.3 Å². The SMILES string of the molecule is CCNC(=NCc1csc(-c2ccccc2)n1)NCC(O)c1ccc(Cl)s1.I. The molecule has 0 spiro atoms. The van der Waals surface area contributed by atoms with Crippen LogP contribution in [0.5, 0.6) is 0 Å². The normalized spacial score (nSPS) is 12.3. The number of nitrogens with zero attached hydrogens (tertiary/aromatic N) is 2. The first-order valence-electron chi connectivity index (χ1n) is 8.61. The average molecular weight is 549 g/mol. The highest BCUT2D eigenvalue weighted by molar-refractivity contribution is 14.0. The Labute approximate surface area is 194 Å². The van der Waals surface area contributed by atoms with Gasteiger partial charge in [-0.15, -0.1) is 46.7 Å². The molecule has 3 N–H and O–H groups in total. The van der Waals surface area contributed by atoms with Crippen molar-refractivity contribution in [3.63, 3.8) is 0 Å². The molecule has 0 saturated carbocycles. The number of thiazole rings is 1. The maximum atomic E-state index is 10.3. The van der Waals surface area contributed by atoms with Crippen LogP contribution >= 0.6 is 58.3 Å². The average Bonchev–Trinajstić information content (AvgIpc) is 3.33. The summed E-state index contributed by atoms with van der Waals surface area (Å²) in [6, 6.07) is 13.7. The van der Waals surface area contributed by atoms with Crippen LogP contribution in [0.25, 0.3) is 10.6 Å². The molecule has 0 fully saturated rings. The Morgan fingerprint density at radius 3 is 2.68 bits per heavy atom. The van der Waals surface area contributed by atoms with Gasteiger partial charge < -0.3 is 15.7 Å². The summed E-state index contributed by atoms with van der Waals surface area (Å²) in [5, 5.41) is 19.6. The largest absolute Gasteiger partial charge is 0.386 e. The number of hydrogen-bond donors (Lipinski definition) is 3. The van der Waals surface area contributed by atoms with Crippen LogP contribution < -0.4 is 10.6 Å². The molecule has 28 heavy (non-hydrogen) atoms. The summed E-state index contributed by atoms with van der Waals surface area (Å²) in [6.45, 7) is 3.57. The van der Waals surface area contributed by atoms with Crippen LogP contribution in [0.15, 0.2) is 52.8 Å². The zero-order chi connectivity index (χ0) is 19.1. The molecule has 0 aliphatic heterocycles. The lowest BCUT2D eigenvalue weighted by atomic mass is 10.2. The van der Waals surface area contributed by atoms with Crippen molar-refractivity contribution in [3.05, 3.63) is 62.8 Å². The predicted molar refractivity (Wildman–Crippen MR) is 130 cm³/mol. The van der Waals surface area contributed by atoms with Crippen molar-refractivity contribution in [3.8, 4) is 10.6 Å². The summed E-state index contributed by atoms with van der Waals surface area (Å²) in [5.41, 5.74) is 2.03. The number of aliphatic hydroxyl groups is 1. The number of benzene rings is 1. The van der Waals surface area contributed by atoms with Crippen LogP contribution in [0.2, 0.25) is 4.34 Å². The van der Waals surface area contributed by atoms with Crippen molar-refractivity contribution in [1.82, 2.24) is 15.6 Å². The van der Waals surface area contributed by atoms with Gasteiger partial charge in [0, 0.05) is 28.9 Å². The summed E-state index contributed by atoms with van der Waals surface area (Å²) in [4.78, 5) is 10.0. The molecule has 3 aromatic rings. The van der Waals surface area contributed by atoms with E-state index in [9.17, 15) is 5.11 Å². The summed E-state index contributed by atoms with van der Waals surface area (Å²) < 4.78 is 0.669. The fourth-order valence-electron chi connectivity index (χ4n) is 2.40. The Morgan fingerprint density at radius 1 is 1.21 bits per heavy atom. The minimum absolute atomic E-state index is 0. The highest BCUT2D eigenvalue weighted by Gasteiger charge is 2.11. The molecule has 0 aliphatic rings. The van der Waals surface area contributed by atoms with E-state index in [0.717, 1.165) is 27.7 Å². The zero-order valence-electron chi connectivity index (χ0n) is 15.3. The molecule has 0 aliphatic carbocycles. The smallest absolute Gasteiger partial charge is 0.191 e. The van der Waals surface area contributed by atoms with Gasteiger partial charge in [0.1, 0.15) is 11.1 Å². The highest BCUT2D eigenvalue weighted by atomic mass is 127. The monoisotopic (exact) mass is 548 g/mol. The van der Waals surface area contributed by atoms with E-state index in [1.54, 1.807) is 17.4 Å². The van der Waals surface area contributed by atoms with Crippen molar-refractivity contribution in [2.24, 2.45) is 4.99 Å². The van der Waals surface area contributed by atoms with Crippen LogP contribution in [0.1, 0.15) is 23.6 Å². The molecule has 150 valence electrons. The van der Waals surface area contributed by atoms with Crippen LogP contribution in [0.3, 0.4) is 0 Å². The van der Waals surface area contributed by atoms with Gasteiger partial charge in [0.2, 0.25) is 0 Å². The molecule has 0 radical (unpaired) electrons. The summed E-state index contributed by atoms with van der Waals surface area (Å²) in [7, 11) is 0. The van der Waals surface area contributed by atoms with Gasteiger partial charge in [-0.2, -0.15) is 0 Å². The van der Waals surface area contributed by atoms with Gasteiger partial charge in [-0.3, -0.25) is 0 Å². The van der Waals surface area contributed by atoms with E-state index < -0.39 is 6.10 Å². The quantitative estimate of drug-likeness (QED) is 0.222. The maximum Gasteiger partial charge on any atom is 0.191 e. The molecule has 5 nitrogen and oxygen atoms in total. The first kappa shape index (κ1) is 23.1. The molecule has 0 saturated heterocycles. The number of rotatable bonds is 7. The van der Waals surface area contributed by atoms with Gasteiger partial charge >= 0.3 is 0 Å². The lowest BCUT2D eigenvalue weighted by Crippen LogP contribution is -2.39. The molecular formula is C19H22ClIN4OS2. The third-order valence-electron chi connectivity index (χ3n) is 3.70. The molecule has 0 amide bonds. The lowest BCUT2D eigenvalue weighted by molar-refractivity contribution is 0.184. The maximum absolute atomic E-state index is 10.3. The number of nitrogens with one attached hydrogen (secondary N) is 2. The van der Waals surface area contributed by atoms with Crippen molar-refractivity contribution >= 4 is 64.2 Å². The second kappa shape index (κ2) is 11.7. The van der Waals surface area contributed by atoms with E-state index in [2.05, 4.69) is 32.7 Å². The number of thiophene rings is 1. The number of guanidine groups is 1. The molecule has 9 heteroatoms. The first-order chi connectivity index (χ1) is 13.2. The fraction of sp³-hybridized carbons (Fsp3) is 0.263. The van der Waals surface area contributed by atoms with Gasteiger partial charge in [0.15, 0.2) is 5.96 Å². The predicted octanol–water partition coefficient (Wildman–Crippen LogP) is 4.93. The van der Waals surface area contributed by atoms with Gasteiger partial charge in [-0.1, -0.05) is 41.9 Å². The van der Waals surface area contributed by atoms with Crippen molar-refractivity contribution in [2.75, 3.05) is 13.1 Å². The third kappa shape index (κ3) is 6.70. The molecule has 1 atom stereocenters. The number of hydrogen-bond acceptors (Lipinski definition) is 5. The minimum Gasteiger partial charge on any atom is -0.386 e. The van der Waals surface area contributed by atoms with Crippen LogP contribution in [0, 0.1) is 0 Å². The Bertz CT molecular complexity index is 885. The number of aliphatic hydroxyl groups excluding tert-OH is 1. The molecular weight excluding hydrogens is 527 g/mol. The van der Waals surface area contributed by atoms with Crippen LogP contribution in [-0.4, -0.2) is 29.1 Å². The number of halogens is 2. The fourth-order valence-corrected chi connectivity index (χ4v) is 4.26. The minimum atomic E-state index is -0.629. The second-order valence-corrected chi connectivity index (χ2v) is 8.35. The molecule has 2 heterocycles. The van der Waals surface area contributed by atoms with Crippen molar-refractivity contribution in [1.29, 1.82) is 0 Å². The molecule has 2 aromatic heterocycles. The van der Waals surface area contributed by atoms with Gasteiger partial charge in [-0.05, 0) is 19.1 Å². The molecule has 3 rings (SSSR count). The van der Waals surface area contributed by atoms with E-state index in [-0.39, 0.29) is 24.0 Å². The molecule has 0 bridgehead atoms. The van der Waals surface area contributed by atoms with Crippen molar-refractivity contribution in [2.45, 2.75) is 19.6 Å². The van der Waals surface area contributed by atoms with E-state index >= 15 is 0 Å². The standard InChI is InChI=1S/C19H21ClN4OS2.HI/c1-2-21-19(23-11-15(25)16-8-9-17(20)27-16)22-10-14-12-26-18(24-14)13-6-4-3-5-7-13;/h3-9,12,15,25H,2,10-11H2,1H3,(H2,21,22,23);1H. The Balaban J connectivity index is 0.00000280. The Hall–Kier alpha value is -1.20. The van der Waals surface area contributed by atoms with E-state index in [1.807, 2.05) is 36.6 Å². The summed E-state index contributed by atoms with van der Waals surface area (Å²) in [6.07, 6.45) is -0.629.